The largest absolute Gasteiger partial charge is 0.509 e. The van der Waals surface area contributed by atoms with Gasteiger partial charge in [0.05, 0.1) is 19.5 Å². The molecule has 204 valence electrons. The molecule has 1 aliphatic rings. The minimum absolute atomic E-state index is 0.263. The molecule has 1 aromatic carbocycles. The molecule has 1 fully saturated rings. The van der Waals surface area contributed by atoms with Crippen molar-refractivity contribution >= 4 is 29.2 Å². The van der Waals surface area contributed by atoms with Gasteiger partial charge >= 0.3 is 12.2 Å². The number of hydrogen-bond acceptors (Lipinski definition) is 11. The number of aromatic nitrogens is 4. The van der Waals surface area contributed by atoms with Gasteiger partial charge in [-0.15, -0.1) is 0 Å². The SMILES string of the molecule is COc1ccc(C[C@H]2NC[C@H](OC(=O)OC(C)(C)C)[C@H]2OC(=O)NCCNc2ncnc3nc[nH]c23)cc1. The molecule has 3 aromatic rings. The lowest BCUT2D eigenvalue weighted by molar-refractivity contribution is -0.0517. The Hall–Kier alpha value is -4.13. The van der Waals surface area contributed by atoms with Gasteiger partial charge in [-0.3, -0.25) is 0 Å². The van der Waals surface area contributed by atoms with Crippen LogP contribution in [0.15, 0.2) is 36.9 Å². The number of aromatic amines is 1. The number of nitrogens with one attached hydrogen (secondary N) is 4. The number of alkyl carbamates (subject to hydrolysis) is 1. The Kier molecular flexibility index (Phi) is 8.46. The number of nitrogens with zero attached hydrogens (tertiary/aromatic N) is 3. The predicted molar refractivity (Wildman–Crippen MR) is 138 cm³/mol. The van der Waals surface area contributed by atoms with E-state index in [2.05, 4.69) is 35.9 Å². The highest BCUT2D eigenvalue weighted by Crippen LogP contribution is 2.22. The Balaban J connectivity index is 1.35. The predicted octanol–water partition coefficient (Wildman–Crippen LogP) is 2.40. The first kappa shape index (κ1) is 26.9. The number of H-pyrrole nitrogens is 1. The molecular formula is C25H33N7O6. The molecule has 13 heteroatoms. The van der Waals surface area contributed by atoms with Crippen LogP contribution in [-0.4, -0.2) is 82.8 Å². The van der Waals surface area contributed by atoms with Crippen LogP contribution in [0, 0.1) is 0 Å². The smallest absolute Gasteiger partial charge is 0.497 e. The Morgan fingerprint density at radius 1 is 1.08 bits per heavy atom. The maximum Gasteiger partial charge on any atom is 0.509 e. The summed E-state index contributed by atoms with van der Waals surface area (Å²) in [4.78, 5) is 40.4. The average molecular weight is 528 g/mol. The van der Waals surface area contributed by atoms with Gasteiger partial charge in [0.2, 0.25) is 0 Å². The topological polar surface area (TPSA) is 162 Å². The third kappa shape index (κ3) is 7.22. The van der Waals surface area contributed by atoms with Crippen molar-refractivity contribution in [1.29, 1.82) is 0 Å². The first-order chi connectivity index (χ1) is 18.2. The number of anilines is 1. The van der Waals surface area contributed by atoms with Gasteiger partial charge in [0.15, 0.2) is 23.7 Å². The van der Waals surface area contributed by atoms with Crippen molar-refractivity contribution < 1.29 is 28.5 Å². The highest BCUT2D eigenvalue weighted by atomic mass is 16.7. The Morgan fingerprint density at radius 2 is 1.87 bits per heavy atom. The van der Waals surface area contributed by atoms with Crippen LogP contribution in [0.25, 0.3) is 11.2 Å². The van der Waals surface area contributed by atoms with Crippen LogP contribution in [0.1, 0.15) is 26.3 Å². The second kappa shape index (κ2) is 11.9. The molecule has 0 aliphatic carbocycles. The Bertz CT molecular complexity index is 1230. The lowest BCUT2D eigenvalue weighted by Crippen LogP contribution is -2.43. The van der Waals surface area contributed by atoms with Crippen LogP contribution in [0.5, 0.6) is 5.75 Å². The van der Waals surface area contributed by atoms with Crippen molar-refractivity contribution in [3.05, 3.63) is 42.5 Å². The van der Waals surface area contributed by atoms with Crippen molar-refractivity contribution in [2.75, 3.05) is 32.1 Å². The molecule has 3 heterocycles. The summed E-state index contributed by atoms with van der Waals surface area (Å²) in [5.41, 5.74) is 1.52. The van der Waals surface area contributed by atoms with Gasteiger partial charge in [-0.05, 0) is 44.9 Å². The fourth-order valence-electron chi connectivity index (χ4n) is 4.04. The summed E-state index contributed by atoms with van der Waals surface area (Å²) in [6.45, 7) is 6.22. The summed E-state index contributed by atoms with van der Waals surface area (Å²) in [5, 5.41) is 9.16. The fourth-order valence-corrected chi connectivity index (χ4v) is 4.04. The third-order valence-electron chi connectivity index (χ3n) is 5.75. The van der Waals surface area contributed by atoms with Gasteiger partial charge in [0, 0.05) is 19.6 Å². The number of imidazole rings is 1. The molecule has 38 heavy (non-hydrogen) atoms. The van der Waals surface area contributed by atoms with Crippen molar-refractivity contribution in [2.24, 2.45) is 0 Å². The van der Waals surface area contributed by atoms with E-state index in [0.717, 1.165) is 11.3 Å². The maximum atomic E-state index is 12.7. The van der Waals surface area contributed by atoms with E-state index >= 15 is 0 Å². The molecule has 3 atom stereocenters. The number of carbonyl (C=O) groups excluding carboxylic acids is 2. The number of benzene rings is 1. The van der Waals surface area contributed by atoms with Crippen LogP contribution in [0.2, 0.25) is 0 Å². The van der Waals surface area contributed by atoms with Crippen LogP contribution < -0.4 is 20.7 Å². The zero-order valence-electron chi connectivity index (χ0n) is 21.8. The molecule has 1 aliphatic heterocycles. The van der Waals surface area contributed by atoms with Gasteiger partial charge in [0.25, 0.3) is 0 Å². The highest BCUT2D eigenvalue weighted by Gasteiger charge is 2.42. The summed E-state index contributed by atoms with van der Waals surface area (Å²) < 4.78 is 21.8. The number of amides is 1. The molecule has 0 spiro atoms. The van der Waals surface area contributed by atoms with E-state index in [4.69, 9.17) is 18.9 Å². The summed E-state index contributed by atoms with van der Waals surface area (Å²) in [7, 11) is 1.61. The average Bonchev–Trinajstić information content (AvgIpc) is 3.49. The quantitative estimate of drug-likeness (QED) is 0.239. The summed E-state index contributed by atoms with van der Waals surface area (Å²) >= 11 is 0. The number of methoxy groups -OCH3 is 1. The molecule has 4 N–H and O–H groups in total. The Labute approximate surface area is 220 Å². The van der Waals surface area contributed by atoms with E-state index in [1.165, 1.54) is 12.7 Å². The molecule has 0 saturated carbocycles. The molecule has 2 aromatic heterocycles. The van der Waals surface area contributed by atoms with Gasteiger partial charge in [-0.1, -0.05) is 12.1 Å². The Morgan fingerprint density at radius 3 is 2.61 bits per heavy atom. The number of carbonyl (C=O) groups is 2. The summed E-state index contributed by atoms with van der Waals surface area (Å²) in [6.07, 6.45) is 0.596. The first-order valence-electron chi connectivity index (χ1n) is 12.3. The molecular weight excluding hydrogens is 494 g/mol. The van der Waals surface area contributed by atoms with Crippen molar-refractivity contribution in [1.82, 2.24) is 30.6 Å². The number of hydrogen-bond donors (Lipinski definition) is 4. The standard InChI is InChI=1S/C25H33N7O6/c1-25(2,3)38-24(34)36-18-12-28-17(11-15-5-7-16(35-4)8-6-15)20(18)37-23(33)27-10-9-26-21-19-22(30-13-29-19)32-14-31-21/h5-8,13-14,17-18,20,28H,9-12H2,1-4H3,(H,27,33)(H2,26,29,30,31,32)/t17-,18+,20+/m1/s1. The highest BCUT2D eigenvalue weighted by molar-refractivity contribution is 5.81. The number of ether oxygens (including phenoxy) is 4. The van der Waals surface area contributed by atoms with E-state index in [1.54, 1.807) is 27.9 Å². The normalized spacial score (nSPS) is 19.1. The third-order valence-corrected chi connectivity index (χ3v) is 5.75. The van der Waals surface area contributed by atoms with Crippen LogP contribution >= 0.6 is 0 Å². The molecule has 1 saturated heterocycles. The van der Waals surface area contributed by atoms with Crippen LogP contribution in [-0.2, 0) is 20.6 Å². The van der Waals surface area contributed by atoms with Crippen molar-refractivity contribution in [2.45, 2.75) is 51.0 Å². The van der Waals surface area contributed by atoms with Crippen LogP contribution in [0.3, 0.4) is 0 Å². The minimum atomic E-state index is -0.817. The van der Waals surface area contributed by atoms with Gasteiger partial charge < -0.3 is 39.9 Å². The summed E-state index contributed by atoms with van der Waals surface area (Å²) in [6, 6.07) is 7.32. The second-order valence-electron chi connectivity index (χ2n) is 9.73. The van der Waals surface area contributed by atoms with E-state index in [1.807, 2.05) is 24.3 Å². The summed E-state index contributed by atoms with van der Waals surface area (Å²) in [5.74, 6) is 1.32. The van der Waals surface area contributed by atoms with Crippen molar-refractivity contribution in [3.8, 4) is 5.75 Å². The van der Waals surface area contributed by atoms with Crippen LogP contribution in [0.4, 0.5) is 15.4 Å². The van der Waals surface area contributed by atoms with E-state index in [0.29, 0.717) is 36.5 Å². The van der Waals surface area contributed by atoms with E-state index < -0.39 is 30.1 Å². The molecule has 0 radical (unpaired) electrons. The van der Waals surface area contributed by atoms with Gasteiger partial charge in [0.1, 0.15) is 23.2 Å². The lowest BCUT2D eigenvalue weighted by Gasteiger charge is -2.26. The number of fused-ring (bicyclic) bond motifs is 1. The zero-order chi connectivity index (χ0) is 27.1. The first-order valence-corrected chi connectivity index (χ1v) is 12.3. The number of rotatable bonds is 9. The zero-order valence-corrected chi connectivity index (χ0v) is 21.8. The van der Waals surface area contributed by atoms with E-state index in [9.17, 15) is 9.59 Å². The molecule has 4 rings (SSSR count). The monoisotopic (exact) mass is 527 g/mol. The molecule has 1 amide bonds. The van der Waals surface area contributed by atoms with Gasteiger partial charge in [-0.25, -0.2) is 24.5 Å². The molecule has 0 unspecified atom stereocenters. The van der Waals surface area contributed by atoms with E-state index in [-0.39, 0.29) is 12.6 Å². The fraction of sp³-hybridized carbons (Fsp3) is 0.480. The van der Waals surface area contributed by atoms with Gasteiger partial charge in [-0.2, -0.15) is 0 Å². The maximum absolute atomic E-state index is 12.7. The minimum Gasteiger partial charge on any atom is -0.497 e. The molecule has 0 bridgehead atoms. The second-order valence-corrected chi connectivity index (χ2v) is 9.73. The lowest BCUT2D eigenvalue weighted by atomic mass is 10.0. The molecule has 13 nitrogen and oxygen atoms in total. The van der Waals surface area contributed by atoms with Crippen molar-refractivity contribution in [3.63, 3.8) is 0 Å².